The van der Waals surface area contributed by atoms with Crippen molar-refractivity contribution >= 4 is 11.4 Å². The number of rotatable bonds is 0. The molecular formula is Au2NaO3S+5. The Labute approximate surface area is 97.4 Å². The number of hydrogen-bond acceptors (Lipinski definition) is 3. The summed E-state index contributed by atoms with van der Waals surface area (Å²) in [5, 5.41) is 0. The van der Waals surface area contributed by atoms with Gasteiger partial charge in [0, 0.05) is 0 Å². The van der Waals surface area contributed by atoms with Crippen LogP contribution in [0.1, 0.15) is 0 Å². The van der Waals surface area contributed by atoms with Crippen LogP contribution in [0.5, 0.6) is 0 Å². The van der Waals surface area contributed by atoms with Crippen LogP contribution >= 0.6 is 0 Å². The van der Waals surface area contributed by atoms with Gasteiger partial charge in [-0.25, -0.2) is 0 Å². The Morgan fingerprint density at radius 1 is 1.14 bits per heavy atom. The Morgan fingerprint density at radius 3 is 1.14 bits per heavy atom. The van der Waals surface area contributed by atoms with E-state index in [1.165, 1.54) is 0 Å². The third-order valence-electron chi connectivity index (χ3n) is 0. The number of hydrogen-bond donors (Lipinski definition) is 0. The Morgan fingerprint density at radius 2 is 1.14 bits per heavy atom. The van der Waals surface area contributed by atoms with Crippen LogP contribution in [0.2, 0.25) is 0 Å². The SMILES string of the molecule is O=S([O-])[O-].[Au+3].[Au+3].[Na+]. The summed E-state index contributed by atoms with van der Waals surface area (Å²) in [6.07, 6.45) is 0. The first-order chi connectivity index (χ1) is 1.73. The maximum atomic E-state index is 8.44. The topological polar surface area (TPSA) is 63.2 Å². The van der Waals surface area contributed by atoms with E-state index >= 15 is 0 Å². The molecule has 7 heteroatoms. The van der Waals surface area contributed by atoms with Gasteiger partial charge in [0.2, 0.25) is 0 Å². The summed E-state index contributed by atoms with van der Waals surface area (Å²) >= 11 is -3.11. The van der Waals surface area contributed by atoms with E-state index in [0.717, 1.165) is 0 Å². The summed E-state index contributed by atoms with van der Waals surface area (Å²) in [5.74, 6) is 0. The molecule has 0 atom stereocenters. The van der Waals surface area contributed by atoms with Crippen molar-refractivity contribution in [1.29, 1.82) is 0 Å². The predicted molar refractivity (Wildman–Crippen MR) is 9.70 cm³/mol. The van der Waals surface area contributed by atoms with Crippen LogP contribution in [0.25, 0.3) is 0 Å². The molecule has 7 heavy (non-hydrogen) atoms. The second-order valence-corrected chi connectivity index (χ2v) is 0.612. The summed E-state index contributed by atoms with van der Waals surface area (Å²) in [4.78, 5) is 0. The van der Waals surface area contributed by atoms with E-state index in [9.17, 15) is 0 Å². The zero-order valence-electron chi connectivity index (χ0n) is 3.24. The maximum absolute atomic E-state index is 8.44. The Bertz CT molecular complexity index is 35.9. The Kier molecular flexibility index (Phi) is 51.2. The molecule has 0 saturated carbocycles. The molecule has 0 aromatic heterocycles. The zero-order valence-corrected chi connectivity index (χ0v) is 10.4. The monoisotopic (exact) mass is 497 g/mol. The summed E-state index contributed by atoms with van der Waals surface area (Å²) in [6.45, 7) is 0. The van der Waals surface area contributed by atoms with Gasteiger partial charge in [-0.15, -0.1) is 11.4 Å². The minimum absolute atomic E-state index is 0. The van der Waals surface area contributed by atoms with Gasteiger partial charge in [-0.3, -0.25) is 4.21 Å². The van der Waals surface area contributed by atoms with Crippen molar-refractivity contribution in [2.75, 3.05) is 0 Å². The maximum Gasteiger partial charge on any atom is 3.00 e. The first-order valence-electron chi connectivity index (χ1n) is 0.500. The van der Waals surface area contributed by atoms with Crippen molar-refractivity contribution in [1.82, 2.24) is 0 Å². The molecule has 0 rings (SSSR count). The van der Waals surface area contributed by atoms with Crippen LogP contribution in [0.3, 0.4) is 0 Å². The van der Waals surface area contributed by atoms with Gasteiger partial charge in [-0.05, 0) is 0 Å². The molecule has 0 radical (unpaired) electrons. The molecule has 0 fully saturated rings. The summed E-state index contributed by atoms with van der Waals surface area (Å²) < 4.78 is 25.3. The quantitative estimate of drug-likeness (QED) is 0.254. The molecule has 0 N–H and O–H groups in total. The molecule has 0 spiro atoms. The fraction of sp³-hybridized carbons (Fsp3) is 0. The molecule has 0 bridgehead atoms. The normalized spacial score (nSPS) is 5.00. The summed E-state index contributed by atoms with van der Waals surface area (Å²) in [7, 11) is 0. The molecule has 0 aliphatic carbocycles. The molecule has 0 aliphatic heterocycles. The molecule has 0 aliphatic rings. The van der Waals surface area contributed by atoms with E-state index in [4.69, 9.17) is 13.3 Å². The van der Waals surface area contributed by atoms with Crippen LogP contribution in [-0.2, 0) is 56.1 Å². The molecule has 3 nitrogen and oxygen atoms in total. The molecule has 0 unspecified atom stereocenters. The Balaban J connectivity index is -0.0000000150. The van der Waals surface area contributed by atoms with E-state index in [1.54, 1.807) is 0 Å². The van der Waals surface area contributed by atoms with E-state index in [2.05, 4.69) is 0 Å². The van der Waals surface area contributed by atoms with Crippen LogP contribution < -0.4 is 29.6 Å². The standard InChI is InChI=1S/2Au.Na.H2O3S/c;;;1-4(2)3/h;;;(H2,1,2,3)/q2*+3;+1;/p-2. The minimum Gasteiger partial charge on any atom is -0.784 e. The fourth-order valence-corrected chi connectivity index (χ4v) is 0. The van der Waals surface area contributed by atoms with Gasteiger partial charge in [0.05, 0.1) is 0 Å². The van der Waals surface area contributed by atoms with E-state index < -0.39 is 11.4 Å². The molecule has 0 aromatic carbocycles. The van der Waals surface area contributed by atoms with Crippen LogP contribution in [-0.4, -0.2) is 13.3 Å². The molecule has 0 heterocycles. The second-order valence-electron chi connectivity index (χ2n) is 0.204. The van der Waals surface area contributed by atoms with Gasteiger partial charge in [-0.2, -0.15) is 0 Å². The third-order valence-corrected chi connectivity index (χ3v) is 0. The van der Waals surface area contributed by atoms with Crippen molar-refractivity contribution in [3.05, 3.63) is 0 Å². The van der Waals surface area contributed by atoms with Crippen molar-refractivity contribution in [3.63, 3.8) is 0 Å². The van der Waals surface area contributed by atoms with E-state index in [1.807, 2.05) is 0 Å². The van der Waals surface area contributed by atoms with Crippen molar-refractivity contribution in [2.24, 2.45) is 0 Å². The molecule has 0 amide bonds. The first kappa shape index (κ1) is 22.7. The molecule has 42 valence electrons. The molecule has 0 aromatic rings. The van der Waals surface area contributed by atoms with E-state index in [-0.39, 0.29) is 74.3 Å². The van der Waals surface area contributed by atoms with Gasteiger partial charge in [0.15, 0.2) is 0 Å². The third kappa shape index (κ3) is 56.4. The predicted octanol–water partition coefficient (Wildman–Crippen LogP) is -4.01. The smallest absolute Gasteiger partial charge is 0.784 e. The van der Waals surface area contributed by atoms with Crippen LogP contribution in [0.4, 0.5) is 0 Å². The van der Waals surface area contributed by atoms with Crippen molar-refractivity contribution in [2.45, 2.75) is 0 Å². The second kappa shape index (κ2) is 15.8. The van der Waals surface area contributed by atoms with Gasteiger partial charge in [0.1, 0.15) is 0 Å². The fourth-order valence-electron chi connectivity index (χ4n) is 0. The minimum atomic E-state index is -3.11. The van der Waals surface area contributed by atoms with Gasteiger partial charge < -0.3 is 9.11 Å². The van der Waals surface area contributed by atoms with Gasteiger partial charge in [-0.1, -0.05) is 0 Å². The first-order valence-corrected chi connectivity index (χ1v) is 1.50. The van der Waals surface area contributed by atoms with Crippen LogP contribution in [0.15, 0.2) is 0 Å². The van der Waals surface area contributed by atoms with E-state index in [0.29, 0.717) is 0 Å². The van der Waals surface area contributed by atoms with Gasteiger partial charge in [0.25, 0.3) is 0 Å². The average molecular weight is 497 g/mol. The van der Waals surface area contributed by atoms with Crippen molar-refractivity contribution in [3.8, 4) is 0 Å². The Hall–Kier alpha value is 2.55. The van der Waals surface area contributed by atoms with Gasteiger partial charge >= 0.3 is 74.3 Å². The molecule has 0 saturated heterocycles. The summed E-state index contributed by atoms with van der Waals surface area (Å²) in [6, 6.07) is 0. The zero-order chi connectivity index (χ0) is 3.58. The summed E-state index contributed by atoms with van der Waals surface area (Å²) in [5.41, 5.74) is 0. The molecular weight excluding hydrogens is 497 g/mol. The van der Waals surface area contributed by atoms with Crippen molar-refractivity contribution < 1.29 is 87.6 Å². The van der Waals surface area contributed by atoms with Crippen LogP contribution in [0, 0.1) is 0 Å². The largest absolute Gasteiger partial charge is 3.00 e. The average Bonchev–Trinajstić information content (AvgIpc) is 0.811.